The molecule has 0 saturated heterocycles. The average molecular weight is 171 g/mol. The van der Waals surface area contributed by atoms with Gasteiger partial charge in [0.25, 0.3) is 5.56 Å². The Morgan fingerprint density at radius 3 is 2.25 bits per heavy atom. The van der Waals surface area contributed by atoms with E-state index >= 15 is 0 Å². The molecule has 0 aliphatic rings. The lowest BCUT2D eigenvalue weighted by Gasteiger charge is -2.03. The first-order valence-electron chi connectivity index (χ1n) is 3.34. The van der Waals surface area contributed by atoms with E-state index in [2.05, 4.69) is 5.73 Å². The molecule has 0 saturated carbocycles. The van der Waals surface area contributed by atoms with E-state index in [-0.39, 0.29) is 11.5 Å². The summed E-state index contributed by atoms with van der Waals surface area (Å²) in [5, 5.41) is 0. The molecule has 0 fully saturated rings. The minimum absolute atomic E-state index is 0.0135. The summed E-state index contributed by atoms with van der Waals surface area (Å²) in [7, 11) is 2.89. The molecule has 66 valence electrons. The summed E-state index contributed by atoms with van der Waals surface area (Å²) in [6.45, 7) is 0. The lowest BCUT2D eigenvalue weighted by molar-refractivity contribution is -0.264. The van der Waals surface area contributed by atoms with Crippen LogP contribution in [0.1, 0.15) is 0 Å². The van der Waals surface area contributed by atoms with Gasteiger partial charge in [-0.3, -0.25) is 13.9 Å². The van der Waals surface area contributed by atoms with Crippen molar-refractivity contribution in [2.45, 2.75) is 0 Å². The maximum absolute atomic E-state index is 11.2. The first kappa shape index (κ1) is 8.54. The number of rotatable bonds is 0. The molecular formula is C6H11N4O2+. The Balaban J connectivity index is 3.86. The predicted octanol–water partition coefficient (Wildman–Crippen LogP) is -2.46. The Labute approximate surface area is 68.0 Å². The molecule has 12 heavy (non-hydrogen) atoms. The Morgan fingerprint density at radius 2 is 1.75 bits per heavy atom. The number of hydrogen-bond donors (Lipinski definition) is 2. The first-order chi connectivity index (χ1) is 5.46. The van der Waals surface area contributed by atoms with Gasteiger partial charge < -0.3 is 11.5 Å². The van der Waals surface area contributed by atoms with Gasteiger partial charge in [0, 0.05) is 14.1 Å². The van der Waals surface area contributed by atoms with Crippen molar-refractivity contribution in [2.24, 2.45) is 14.1 Å². The summed E-state index contributed by atoms with van der Waals surface area (Å²) in [5.74, 6) is 0.253. The van der Waals surface area contributed by atoms with Crippen LogP contribution in [0.25, 0.3) is 0 Å². The molecular weight excluding hydrogens is 160 g/mol. The summed E-state index contributed by atoms with van der Waals surface area (Å²) < 4.78 is 2.18. The van der Waals surface area contributed by atoms with Crippen molar-refractivity contribution in [3.05, 3.63) is 20.8 Å². The lowest BCUT2D eigenvalue weighted by atomic mass is 10.4. The zero-order valence-electron chi connectivity index (χ0n) is 7.00. The van der Waals surface area contributed by atoms with Crippen LogP contribution in [0.2, 0.25) is 0 Å². The van der Waals surface area contributed by atoms with E-state index in [1.165, 1.54) is 18.7 Å². The van der Waals surface area contributed by atoms with Crippen molar-refractivity contribution < 1.29 is 5.73 Å². The minimum atomic E-state index is -0.497. The zero-order chi connectivity index (χ0) is 9.46. The fraction of sp³-hybridized carbons (Fsp3) is 0.333. The molecule has 5 N–H and O–H groups in total. The molecule has 0 atom stereocenters. The van der Waals surface area contributed by atoms with Crippen LogP contribution in [0.4, 0.5) is 11.5 Å². The van der Waals surface area contributed by atoms with Gasteiger partial charge in [0.1, 0.15) is 0 Å². The van der Waals surface area contributed by atoms with E-state index in [1.807, 2.05) is 0 Å². The van der Waals surface area contributed by atoms with Gasteiger partial charge in [-0.05, 0) is 0 Å². The summed E-state index contributed by atoms with van der Waals surface area (Å²) in [6, 6.07) is 0. The number of nitrogens with zero attached hydrogens (tertiary/aromatic N) is 2. The van der Waals surface area contributed by atoms with Crippen LogP contribution in [0.15, 0.2) is 9.59 Å². The lowest BCUT2D eigenvalue weighted by Crippen LogP contribution is -2.51. The third-order valence-corrected chi connectivity index (χ3v) is 1.82. The average Bonchev–Trinajstić information content (AvgIpc) is 2.08. The van der Waals surface area contributed by atoms with E-state index < -0.39 is 11.2 Å². The second-order valence-corrected chi connectivity index (χ2v) is 2.57. The fourth-order valence-electron chi connectivity index (χ4n) is 0.912. The van der Waals surface area contributed by atoms with Crippen LogP contribution in [-0.2, 0) is 14.1 Å². The number of hydrogen-bond acceptors (Lipinski definition) is 3. The second-order valence-electron chi connectivity index (χ2n) is 2.57. The Bertz CT molecular complexity index is 391. The SMILES string of the molecule is Cn1c([NH3+])c(N)c(=O)n(C)c1=O. The van der Waals surface area contributed by atoms with E-state index in [0.29, 0.717) is 0 Å². The molecule has 0 aromatic carbocycles. The van der Waals surface area contributed by atoms with Gasteiger partial charge in [0.2, 0.25) is 5.82 Å². The number of nitrogens with two attached hydrogens (primary N) is 1. The van der Waals surface area contributed by atoms with Crippen LogP contribution in [-0.4, -0.2) is 9.13 Å². The smallest absolute Gasteiger partial charge is 0.335 e. The summed E-state index contributed by atoms with van der Waals surface area (Å²) in [4.78, 5) is 22.3. The number of anilines is 1. The number of quaternary nitrogens is 1. The van der Waals surface area contributed by atoms with E-state index in [0.717, 1.165) is 4.57 Å². The first-order valence-corrected chi connectivity index (χ1v) is 3.34. The Morgan fingerprint density at radius 1 is 1.25 bits per heavy atom. The van der Waals surface area contributed by atoms with Crippen molar-refractivity contribution in [1.82, 2.24) is 9.13 Å². The summed E-state index contributed by atoms with van der Waals surface area (Å²) in [5.41, 5.74) is 8.00. The monoisotopic (exact) mass is 171 g/mol. The van der Waals surface area contributed by atoms with Gasteiger partial charge in [-0.25, -0.2) is 4.79 Å². The predicted molar refractivity (Wildman–Crippen MR) is 43.9 cm³/mol. The van der Waals surface area contributed by atoms with E-state index in [4.69, 9.17) is 5.73 Å². The van der Waals surface area contributed by atoms with Crippen LogP contribution in [0, 0.1) is 0 Å². The van der Waals surface area contributed by atoms with Crippen molar-refractivity contribution in [2.75, 3.05) is 5.73 Å². The molecule has 0 spiro atoms. The van der Waals surface area contributed by atoms with E-state index in [1.54, 1.807) is 0 Å². The van der Waals surface area contributed by atoms with E-state index in [9.17, 15) is 9.59 Å². The summed E-state index contributed by atoms with van der Waals surface area (Å²) in [6.07, 6.45) is 0. The van der Waals surface area contributed by atoms with Crippen molar-refractivity contribution in [3.8, 4) is 0 Å². The Kier molecular flexibility index (Phi) is 1.77. The van der Waals surface area contributed by atoms with Gasteiger partial charge >= 0.3 is 5.69 Å². The largest absolute Gasteiger partial charge is 0.388 e. The van der Waals surface area contributed by atoms with Gasteiger partial charge in [0.15, 0.2) is 5.69 Å². The highest BCUT2D eigenvalue weighted by molar-refractivity contribution is 5.49. The fourth-order valence-corrected chi connectivity index (χ4v) is 0.912. The number of nitrogen functional groups attached to an aromatic ring is 1. The molecule has 0 radical (unpaired) electrons. The highest BCUT2D eigenvalue weighted by atomic mass is 16.2. The minimum Gasteiger partial charge on any atom is -0.388 e. The van der Waals surface area contributed by atoms with Crippen molar-refractivity contribution >= 4 is 11.5 Å². The highest BCUT2D eigenvalue weighted by Gasteiger charge is 2.11. The van der Waals surface area contributed by atoms with Gasteiger partial charge in [0.05, 0.1) is 0 Å². The number of aromatic nitrogens is 2. The highest BCUT2D eigenvalue weighted by Crippen LogP contribution is 1.99. The third-order valence-electron chi connectivity index (χ3n) is 1.82. The molecule has 0 unspecified atom stereocenters. The molecule has 1 rings (SSSR count). The normalized spacial score (nSPS) is 10.2. The molecule has 1 aromatic rings. The van der Waals surface area contributed by atoms with Crippen LogP contribution >= 0.6 is 0 Å². The van der Waals surface area contributed by atoms with Crippen molar-refractivity contribution in [3.63, 3.8) is 0 Å². The molecule has 0 aliphatic carbocycles. The molecule has 0 bridgehead atoms. The topological polar surface area (TPSA) is 97.7 Å². The Hall–Kier alpha value is -1.56. The van der Waals surface area contributed by atoms with Crippen LogP contribution in [0.3, 0.4) is 0 Å². The zero-order valence-corrected chi connectivity index (χ0v) is 7.00. The van der Waals surface area contributed by atoms with Gasteiger partial charge in [-0.15, -0.1) is 0 Å². The molecule has 1 heterocycles. The summed E-state index contributed by atoms with van der Waals surface area (Å²) >= 11 is 0. The maximum atomic E-state index is 11.2. The molecule has 0 amide bonds. The third kappa shape index (κ3) is 0.928. The maximum Gasteiger partial charge on any atom is 0.335 e. The molecule has 6 heteroatoms. The van der Waals surface area contributed by atoms with Crippen LogP contribution < -0.4 is 22.7 Å². The second kappa shape index (κ2) is 2.49. The standard InChI is InChI=1S/C6H10N4O2/c1-9-4(8)3(7)5(11)10(2)6(9)12/h7-8H2,1-2H3/p+1. The van der Waals surface area contributed by atoms with Crippen LogP contribution in [0.5, 0.6) is 0 Å². The molecule has 1 aromatic heterocycles. The van der Waals surface area contributed by atoms with Gasteiger partial charge in [-0.2, -0.15) is 0 Å². The molecule has 0 aliphatic heterocycles. The molecule has 6 nitrogen and oxygen atoms in total. The van der Waals surface area contributed by atoms with Gasteiger partial charge in [-0.1, -0.05) is 0 Å². The quantitative estimate of drug-likeness (QED) is 0.453. The van der Waals surface area contributed by atoms with Crippen molar-refractivity contribution in [1.29, 1.82) is 0 Å².